The lowest BCUT2D eigenvalue weighted by Crippen LogP contribution is -2.26. The van der Waals surface area contributed by atoms with E-state index in [1.807, 2.05) is 18.2 Å². The third kappa shape index (κ3) is 2.97. The molecule has 5 heteroatoms. The molecule has 5 nitrogen and oxygen atoms in total. The highest BCUT2D eigenvalue weighted by Gasteiger charge is 2.21. The molecule has 110 valence electrons. The summed E-state index contributed by atoms with van der Waals surface area (Å²) in [4.78, 5) is 18.8. The van der Waals surface area contributed by atoms with Crippen LogP contribution in [0.5, 0.6) is 0 Å². The third-order valence-corrected chi connectivity index (χ3v) is 3.72. The molecule has 1 aliphatic heterocycles. The number of methoxy groups -OCH3 is 1. The Morgan fingerprint density at radius 2 is 2.05 bits per heavy atom. The zero-order chi connectivity index (χ0) is 14.7. The second-order valence-corrected chi connectivity index (χ2v) is 5.19. The molecule has 21 heavy (non-hydrogen) atoms. The van der Waals surface area contributed by atoms with Crippen LogP contribution in [0.15, 0.2) is 41.2 Å². The standard InChI is InChI=1S/C16H19N3O2/c1-21-12-14-11-15(20)19-10-9-18(16(19)17-14)8-7-13-5-3-2-4-6-13/h2-6,11H,7-10,12H2,1H3. The lowest BCUT2D eigenvalue weighted by atomic mass is 10.1. The summed E-state index contributed by atoms with van der Waals surface area (Å²) in [6.07, 6.45) is 0.950. The molecule has 0 bridgehead atoms. The Morgan fingerprint density at radius 1 is 1.24 bits per heavy atom. The molecule has 0 atom stereocenters. The number of hydrogen-bond acceptors (Lipinski definition) is 4. The number of hydrogen-bond donors (Lipinski definition) is 0. The Bertz CT molecular complexity index is 667. The molecule has 0 spiro atoms. The van der Waals surface area contributed by atoms with Gasteiger partial charge < -0.3 is 9.64 Å². The molecular weight excluding hydrogens is 266 g/mol. The van der Waals surface area contributed by atoms with Gasteiger partial charge in [0.2, 0.25) is 5.95 Å². The quantitative estimate of drug-likeness (QED) is 0.834. The maximum atomic E-state index is 12.1. The number of rotatable bonds is 5. The molecule has 0 unspecified atom stereocenters. The second kappa shape index (κ2) is 6.10. The molecule has 2 aromatic rings. The monoisotopic (exact) mass is 285 g/mol. The van der Waals surface area contributed by atoms with Crippen LogP contribution in [0, 0.1) is 0 Å². The van der Waals surface area contributed by atoms with Gasteiger partial charge in [0.1, 0.15) is 0 Å². The Hall–Kier alpha value is -2.14. The van der Waals surface area contributed by atoms with Crippen molar-refractivity contribution in [3.63, 3.8) is 0 Å². The summed E-state index contributed by atoms with van der Waals surface area (Å²) in [5, 5.41) is 0. The minimum absolute atomic E-state index is 0.00858. The summed E-state index contributed by atoms with van der Waals surface area (Å²) >= 11 is 0. The van der Waals surface area contributed by atoms with Crippen LogP contribution in [-0.2, 0) is 24.3 Å². The molecule has 1 aliphatic rings. The summed E-state index contributed by atoms with van der Waals surface area (Å²) in [7, 11) is 1.61. The zero-order valence-corrected chi connectivity index (χ0v) is 12.2. The van der Waals surface area contributed by atoms with E-state index in [1.165, 1.54) is 5.56 Å². The first kappa shape index (κ1) is 13.8. The van der Waals surface area contributed by atoms with Gasteiger partial charge in [-0.3, -0.25) is 9.36 Å². The predicted molar refractivity (Wildman–Crippen MR) is 81.6 cm³/mol. The van der Waals surface area contributed by atoms with Crippen molar-refractivity contribution < 1.29 is 4.74 Å². The third-order valence-electron chi connectivity index (χ3n) is 3.72. The van der Waals surface area contributed by atoms with Crippen molar-refractivity contribution >= 4 is 5.95 Å². The van der Waals surface area contributed by atoms with Crippen LogP contribution < -0.4 is 10.5 Å². The Labute approximate surface area is 123 Å². The van der Waals surface area contributed by atoms with Crippen LogP contribution in [0.4, 0.5) is 5.95 Å². The minimum Gasteiger partial charge on any atom is -0.378 e. The highest BCUT2D eigenvalue weighted by atomic mass is 16.5. The SMILES string of the molecule is COCc1cc(=O)n2c(n1)N(CCc1ccccc1)CC2. The van der Waals surface area contributed by atoms with Gasteiger partial charge >= 0.3 is 0 Å². The first-order valence-electron chi connectivity index (χ1n) is 7.16. The average molecular weight is 285 g/mol. The van der Waals surface area contributed by atoms with E-state index >= 15 is 0 Å². The van der Waals surface area contributed by atoms with E-state index in [-0.39, 0.29) is 5.56 Å². The molecule has 3 rings (SSSR count). The number of benzene rings is 1. The Balaban J connectivity index is 1.77. The van der Waals surface area contributed by atoms with Crippen LogP contribution in [0.1, 0.15) is 11.3 Å². The largest absolute Gasteiger partial charge is 0.378 e. The molecule has 1 aromatic carbocycles. The normalized spacial score (nSPS) is 13.5. The summed E-state index contributed by atoms with van der Waals surface area (Å²) in [5.74, 6) is 0.769. The van der Waals surface area contributed by atoms with Crippen molar-refractivity contribution in [3.8, 4) is 0 Å². The van der Waals surface area contributed by atoms with Crippen molar-refractivity contribution in [1.82, 2.24) is 9.55 Å². The number of ether oxygens (including phenoxy) is 1. The Morgan fingerprint density at radius 3 is 2.81 bits per heavy atom. The molecule has 0 N–H and O–H groups in total. The van der Waals surface area contributed by atoms with Gasteiger partial charge in [0.15, 0.2) is 0 Å². The van der Waals surface area contributed by atoms with Crippen LogP contribution in [-0.4, -0.2) is 29.8 Å². The number of anilines is 1. The molecule has 0 saturated heterocycles. The van der Waals surface area contributed by atoms with E-state index in [2.05, 4.69) is 22.0 Å². The summed E-state index contributed by atoms with van der Waals surface area (Å²) in [6.45, 7) is 2.79. The van der Waals surface area contributed by atoms with Gasteiger partial charge in [-0.15, -0.1) is 0 Å². The number of aromatic nitrogens is 2. The molecule has 0 radical (unpaired) electrons. The topological polar surface area (TPSA) is 47.4 Å². The first-order chi connectivity index (χ1) is 10.3. The number of fused-ring (bicyclic) bond motifs is 1. The fourth-order valence-electron chi connectivity index (χ4n) is 2.65. The maximum absolute atomic E-state index is 12.1. The van der Waals surface area contributed by atoms with Crippen LogP contribution in [0.3, 0.4) is 0 Å². The van der Waals surface area contributed by atoms with Gasteiger partial charge in [0.05, 0.1) is 12.3 Å². The van der Waals surface area contributed by atoms with E-state index in [0.29, 0.717) is 18.8 Å². The molecule has 0 amide bonds. The van der Waals surface area contributed by atoms with E-state index in [9.17, 15) is 4.79 Å². The lowest BCUT2D eigenvalue weighted by molar-refractivity contribution is 0.181. The fourth-order valence-corrected chi connectivity index (χ4v) is 2.65. The summed E-state index contributed by atoms with van der Waals surface area (Å²) in [5.41, 5.74) is 2.00. The molecule has 1 aromatic heterocycles. The smallest absolute Gasteiger partial charge is 0.255 e. The van der Waals surface area contributed by atoms with E-state index < -0.39 is 0 Å². The van der Waals surface area contributed by atoms with Gasteiger partial charge in [0, 0.05) is 32.8 Å². The van der Waals surface area contributed by atoms with Gasteiger partial charge in [-0.05, 0) is 12.0 Å². The van der Waals surface area contributed by atoms with Gasteiger partial charge in [-0.2, -0.15) is 0 Å². The van der Waals surface area contributed by atoms with Crippen molar-refractivity contribution in [2.45, 2.75) is 19.6 Å². The first-order valence-corrected chi connectivity index (χ1v) is 7.16. The van der Waals surface area contributed by atoms with Crippen molar-refractivity contribution in [2.75, 3.05) is 25.1 Å². The highest BCUT2D eigenvalue weighted by Crippen LogP contribution is 2.17. The van der Waals surface area contributed by atoms with Crippen LogP contribution in [0.2, 0.25) is 0 Å². The van der Waals surface area contributed by atoms with Crippen molar-refractivity contribution in [2.24, 2.45) is 0 Å². The average Bonchev–Trinajstić information content (AvgIpc) is 2.90. The molecule has 2 heterocycles. The summed E-state index contributed by atoms with van der Waals surface area (Å²) in [6, 6.07) is 11.9. The molecule has 0 aliphatic carbocycles. The Kier molecular flexibility index (Phi) is 4.01. The molecule has 0 fully saturated rings. The predicted octanol–water partition coefficient (Wildman–Crippen LogP) is 1.45. The fraction of sp³-hybridized carbons (Fsp3) is 0.375. The van der Waals surface area contributed by atoms with Crippen LogP contribution >= 0.6 is 0 Å². The second-order valence-electron chi connectivity index (χ2n) is 5.19. The van der Waals surface area contributed by atoms with Crippen molar-refractivity contribution in [3.05, 3.63) is 58.0 Å². The number of nitrogens with zero attached hydrogens (tertiary/aromatic N) is 3. The van der Waals surface area contributed by atoms with Gasteiger partial charge in [-0.25, -0.2) is 4.98 Å². The van der Waals surface area contributed by atoms with E-state index in [1.54, 1.807) is 17.7 Å². The molecule has 0 saturated carbocycles. The van der Waals surface area contributed by atoms with E-state index in [4.69, 9.17) is 4.74 Å². The summed E-state index contributed by atoms with van der Waals surface area (Å²) < 4.78 is 6.82. The van der Waals surface area contributed by atoms with Gasteiger partial charge in [0.25, 0.3) is 5.56 Å². The zero-order valence-electron chi connectivity index (χ0n) is 12.2. The van der Waals surface area contributed by atoms with Crippen molar-refractivity contribution in [1.29, 1.82) is 0 Å². The lowest BCUT2D eigenvalue weighted by Gasteiger charge is -2.17. The van der Waals surface area contributed by atoms with Crippen LogP contribution in [0.25, 0.3) is 0 Å². The molecular formula is C16H19N3O2. The maximum Gasteiger partial charge on any atom is 0.255 e. The minimum atomic E-state index is 0.00858. The highest BCUT2D eigenvalue weighted by molar-refractivity contribution is 5.36. The van der Waals surface area contributed by atoms with E-state index in [0.717, 1.165) is 25.5 Å². The van der Waals surface area contributed by atoms with Gasteiger partial charge in [-0.1, -0.05) is 30.3 Å².